The smallest absolute Gasteiger partial charge is 0.373 e. The lowest BCUT2D eigenvalue weighted by molar-refractivity contribution is 0.0563. The van der Waals surface area contributed by atoms with Crippen LogP contribution in [0, 0.1) is 6.92 Å². The van der Waals surface area contributed by atoms with Crippen LogP contribution in [-0.2, 0) is 17.7 Å². The summed E-state index contributed by atoms with van der Waals surface area (Å²) in [7, 11) is 1.29. The van der Waals surface area contributed by atoms with Crippen molar-refractivity contribution in [1.82, 2.24) is 9.55 Å². The third kappa shape index (κ3) is 2.79. The number of rotatable bonds is 4. The van der Waals surface area contributed by atoms with E-state index in [2.05, 4.69) is 9.72 Å². The molecule has 3 aromatic rings. The zero-order chi connectivity index (χ0) is 16.6. The summed E-state index contributed by atoms with van der Waals surface area (Å²) in [6.45, 7) is 4.06. The highest BCUT2D eigenvalue weighted by Gasteiger charge is 2.15. The van der Waals surface area contributed by atoms with Crippen LogP contribution in [0.1, 0.15) is 33.9 Å². The molecule has 0 amide bonds. The number of methoxy groups -OCH3 is 1. The van der Waals surface area contributed by atoms with Gasteiger partial charge in [0, 0.05) is 4.88 Å². The molecule has 0 saturated heterocycles. The van der Waals surface area contributed by atoms with Crippen molar-refractivity contribution < 1.29 is 13.9 Å². The van der Waals surface area contributed by atoms with Crippen molar-refractivity contribution in [2.75, 3.05) is 7.11 Å². The van der Waals surface area contributed by atoms with Gasteiger partial charge in [-0.2, -0.15) is 0 Å². The first-order valence-corrected chi connectivity index (χ1v) is 8.02. The van der Waals surface area contributed by atoms with Crippen LogP contribution in [0.2, 0.25) is 0 Å². The van der Waals surface area contributed by atoms with Crippen molar-refractivity contribution in [3.63, 3.8) is 0 Å². The van der Waals surface area contributed by atoms with E-state index in [-0.39, 0.29) is 17.9 Å². The number of ether oxygens (including phenoxy) is 1. The molecule has 0 aliphatic heterocycles. The molecule has 0 aliphatic carbocycles. The van der Waals surface area contributed by atoms with Gasteiger partial charge in [-0.15, -0.1) is 11.3 Å². The van der Waals surface area contributed by atoms with Crippen molar-refractivity contribution in [1.29, 1.82) is 0 Å². The normalized spacial score (nSPS) is 11.1. The number of hydrogen-bond acceptors (Lipinski definition) is 6. The Labute approximate surface area is 136 Å². The van der Waals surface area contributed by atoms with E-state index >= 15 is 0 Å². The predicted molar refractivity (Wildman–Crippen MR) is 87.1 cm³/mol. The molecule has 0 fully saturated rings. The number of aryl methyl sites for hydroxylation is 2. The minimum atomic E-state index is -0.542. The molecule has 0 N–H and O–H groups in total. The fourth-order valence-corrected chi connectivity index (χ4v) is 3.36. The Hall–Kier alpha value is -2.41. The Balaban J connectivity index is 2.01. The lowest BCUT2D eigenvalue weighted by Gasteiger charge is -2.07. The zero-order valence-electron chi connectivity index (χ0n) is 13.1. The standard InChI is InChI=1S/C16H16N2O4S/c1-4-11-7-12-14(23-11)17-9(2)18(15(12)19)8-10-5-6-13(22-10)16(20)21-3/h5-7H,4,8H2,1-3H3. The summed E-state index contributed by atoms with van der Waals surface area (Å²) >= 11 is 1.54. The Morgan fingerprint density at radius 3 is 2.91 bits per heavy atom. The number of carbonyl (C=O) groups is 1. The van der Waals surface area contributed by atoms with E-state index in [4.69, 9.17) is 4.42 Å². The molecule has 0 spiro atoms. The van der Waals surface area contributed by atoms with Crippen LogP contribution in [0.25, 0.3) is 10.2 Å². The fourth-order valence-electron chi connectivity index (χ4n) is 2.36. The van der Waals surface area contributed by atoms with E-state index in [0.717, 1.165) is 16.1 Å². The van der Waals surface area contributed by atoms with Gasteiger partial charge in [0.1, 0.15) is 16.4 Å². The average Bonchev–Trinajstić information content (AvgIpc) is 3.17. The minimum absolute atomic E-state index is 0.0977. The van der Waals surface area contributed by atoms with Crippen LogP contribution in [0.15, 0.2) is 27.4 Å². The third-order valence-corrected chi connectivity index (χ3v) is 4.78. The largest absolute Gasteiger partial charge is 0.463 e. The third-order valence-electron chi connectivity index (χ3n) is 3.60. The number of carbonyl (C=O) groups excluding carboxylic acids is 1. The van der Waals surface area contributed by atoms with Crippen LogP contribution in [-0.4, -0.2) is 22.6 Å². The van der Waals surface area contributed by atoms with Gasteiger partial charge in [-0.1, -0.05) is 6.92 Å². The van der Waals surface area contributed by atoms with Gasteiger partial charge in [-0.05, 0) is 31.5 Å². The summed E-state index contributed by atoms with van der Waals surface area (Å²) in [6.07, 6.45) is 0.875. The molecule has 120 valence electrons. The molecule has 7 heteroatoms. The van der Waals surface area contributed by atoms with Gasteiger partial charge in [0.25, 0.3) is 5.56 Å². The molecule has 0 bridgehead atoms. The van der Waals surface area contributed by atoms with Gasteiger partial charge in [0.05, 0.1) is 19.0 Å². The Morgan fingerprint density at radius 2 is 2.22 bits per heavy atom. The molecule has 0 unspecified atom stereocenters. The molecule has 0 atom stereocenters. The first kappa shape index (κ1) is 15.5. The summed E-state index contributed by atoms with van der Waals surface area (Å²) in [5.41, 5.74) is -0.0977. The molecule has 0 radical (unpaired) electrons. The maximum Gasteiger partial charge on any atom is 0.373 e. The summed E-state index contributed by atoms with van der Waals surface area (Å²) in [5.74, 6) is 0.691. The summed E-state index contributed by atoms with van der Waals surface area (Å²) < 4.78 is 11.6. The molecule has 6 nitrogen and oxygen atoms in total. The quantitative estimate of drug-likeness (QED) is 0.687. The van der Waals surface area contributed by atoms with Crippen molar-refractivity contribution in [3.8, 4) is 0 Å². The van der Waals surface area contributed by atoms with Gasteiger partial charge in [-0.25, -0.2) is 9.78 Å². The van der Waals surface area contributed by atoms with Crippen LogP contribution < -0.4 is 5.56 Å². The molecule has 23 heavy (non-hydrogen) atoms. The van der Waals surface area contributed by atoms with Crippen LogP contribution in [0.3, 0.4) is 0 Å². The monoisotopic (exact) mass is 332 g/mol. The van der Waals surface area contributed by atoms with Gasteiger partial charge >= 0.3 is 5.97 Å². The van der Waals surface area contributed by atoms with Crippen LogP contribution >= 0.6 is 11.3 Å². The number of fused-ring (bicyclic) bond motifs is 1. The molecular weight excluding hydrogens is 316 g/mol. The summed E-state index contributed by atoms with van der Waals surface area (Å²) in [4.78, 5) is 30.5. The lowest BCUT2D eigenvalue weighted by Crippen LogP contribution is -2.23. The van der Waals surface area contributed by atoms with Crippen LogP contribution in [0.5, 0.6) is 0 Å². The Kier molecular flexibility index (Phi) is 4.04. The molecule has 3 aromatic heterocycles. The average molecular weight is 332 g/mol. The molecule has 3 rings (SSSR count). The van der Waals surface area contributed by atoms with Crippen molar-refractivity contribution in [3.05, 3.63) is 50.8 Å². The molecular formula is C16H16N2O4S. The topological polar surface area (TPSA) is 74.3 Å². The fraction of sp³-hybridized carbons (Fsp3) is 0.312. The van der Waals surface area contributed by atoms with Crippen molar-refractivity contribution >= 4 is 27.5 Å². The highest BCUT2D eigenvalue weighted by molar-refractivity contribution is 7.18. The highest BCUT2D eigenvalue weighted by atomic mass is 32.1. The van der Waals surface area contributed by atoms with Crippen molar-refractivity contribution in [2.24, 2.45) is 0 Å². The minimum Gasteiger partial charge on any atom is -0.463 e. The van der Waals surface area contributed by atoms with Crippen LogP contribution in [0.4, 0.5) is 0 Å². The highest BCUT2D eigenvalue weighted by Crippen LogP contribution is 2.22. The molecule has 0 saturated carbocycles. The number of nitrogens with zero attached hydrogens (tertiary/aromatic N) is 2. The van der Waals surface area contributed by atoms with Gasteiger partial charge < -0.3 is 9.15 Å². The van der Waals surface area contributed by atoms with E-state index in [1.807, 2.05) is 13.0 Å². The summed E-state index contributed by atoms with van der Waals surface area (Å²) in [5, 5.41) is 0.622. The molecule has 3 heterocycles. The number of hydrogen-bond donors (Lipinski definition) is 0. The van der Waals surface area contributed by atoms with Crippen molar-refractivity contribution in [2.45, 2.75) is 26.8 Å². The first-order chi connectivity index (χ1) is 11.0. The second-order valence-corrected chi connectivity index (χ2v) is 6.21. The Bertz CT molecular complexity index is 935. The van der Waals surface area contributed by atoms with Gasteiger partial charge in [0.15, 0.2) is 0 Å². The predicted octanol–water partition coefficient (Wildman–Crippen LogP) is 2.76. The van der Waals surface area contributed by atoms with E-state index < -0.39 is 5.97 Å². The van der Waals surface area contributed by atoms with E-state index in [1.165, 1.54) is 13.2 Å². The zero-order valence-corrected chi connectivity index (χ0v) is 13.9. The van der Waals surface area contributed by atoms with Gasteiger partial charge in [-0.3, -0.25) is 9.36 Å². The van der Waals surface area contributed by atoms with E-state index in [9.17, 15) is 9.59 Å². The molecule has 0 aromatic carbocycles. The number of thiophene rings is 1. The maximum atomic E-state index is 12.7. The van der Waals surface area contributed by atoms with E-state index in [0.29, 0.717) is 17.0 Å². The lowest BCUT2D eigenvalue weighted by atomic mass is 10.3. The SMILES string of the molecule is CCc1cc2c(=O)n(Cc3ccc(C(=O)OC)o3)c(C)nc2s1. The van der Waals surface area contributed by atoms with Gasteiger partial charge in [0.2, 0.25) is 5.76 Å². The number of esters is 1. The molecule has 0 aliphatic rings. The second-order valence-electron chi connectivity index (χ2n) is 5.09. The number of furan rings is 1. The number of aromatic nitrogens is 2. The second kappa shape index (κ2) is 6.00. The maximum absolute atomic E-state index is 12.7. The Morgan fingerprint density at radius 1 is 1.43 bits per heavy atom. The first-order valence-electron chi connectivity index (χ1n) is 7.20. The van der Waals surface area contributed by atoms with E-state index in [1.54, 1.807) is 28.9 Å². The summed E-state index contributed by atoms with van der Waals surface area (Å²) in [6, 6.07) is 5.09.